The molecule has 3 heterocycles. The summed E-state index contributed by atoms with van der Waals surface area (Å²) < 4.78 is 0. The van der Waals surface area contributed by atoms with Crippen LogP contribution in [0.3, 0.4) is 0 Å². The fraction of sp³-hybridized carbons (Fsp3) is 0.640. The largest absolute Gasteiger partial charge is 0.340 e. The van der Waals surface area contributed by atoms with Crippen LogP contribution < -0.4 is 0 Å². The van der Waals surface area contributed by atoms with Gasteiger partial charge in [-0.25, -0.2) is 5.01 Å². The van der Waals surface area contributed by atoms with Gasteiger partial charge < -0.3 is 9.80 Å². The molecule has 1 aromatic carbocycles. The predicted molar refractivity (Wildman–Crippen MR) is 132 cm³/mol. The summed E-state index contributed by atoms with van der Waals surface area (Å²) >= 11 is 1.77. The minimum Gasteiger partial charge on any atom is -0.340 e. The minimum absolute atomic E-state index is 0.186. The van der Waals surface area contributed by atoms with Gasteiger partial charge in [0.2, 0.25) is 5.91 Å². The van der Waals surface area contributed by atoms with Crippen LogP contribution in [0.1, 0.15) is 55.7 Å². The van der Waals surface area contributed by atoms with Crippen LogP contribution in [0, 0.1) is 18.8 Å². The second-order valence-electron chi connectivity index (χ2n) is 9.84. The van der Waals surface area contributed by atoms with E-state index in [1.807, 2.05) is 0 Å². The number of hydrogen-bond donors (Lipinski definition) is 0. The molecule has 1 aliphatic carbocycles. The number of amides is 1. The Morgan fingerprint density at radius 2 is 1.75 bits per heavy atom. The minimum atomic E-state index is 0.186. The van der Waals surface area contributed by atoms with Crippen LogP contribution in [0.15, 0.2) is 34.4 Å². The number of nitrogens with zero attached hydrogens (tertiary/aromatic N) is 5. The normalized spacial score (nSPS) is 29.2. The first-order valence-electron chi connectivity index (χ1n) is 12.2. The monoisotopic (exact) mass is 453 g/mol. The average molecular weight is 454 g/mol. The fourth-order valence-corrected chi connectivity index (χ4v) is 6.39. The van der Waals surface area contributed by atoms with E-state index in [9.17, 15) is 4.79 Å². The molecule has 5 rings (SSSR count). The average Bonchev–Trinajstić information content (AvgIpc) is 3.34. The van der Waals surface area contributed by atoms with Gasteiger partial charge in [0.05, 0.1) is 12.6 Å². The first-order chi connectivity index (χ1) is 15.6. The number of aryl methyl sites for hydroxylation is 1. The predicted octanol–water partition coefficient (Wildman–Crippen LogP) is 4.13. The molecule has 3 atom stereocenters. The number of rotatable bonds is 3. The molecule has 0 aromatic heterocycles. The molecule has 0 radical (unpaired) electrons. The molecule has 1 saturated carbocycles. The van der Waals surface area contributed by atoms with E-state index < -0.39 is 0 Å². The highest BCUT2D eigenvalue weighted by Gasteiger charge is 2.36. The molecular weight excluding hydrogens is 418 g/mol. The Bertz CT molecular complexity index is 890. The Balaban J connectivity index is 1.18. The maximum Gasteiger partial charge on any atom is 0.225 e. The van der Waals surface area contributed by atoms with Crippen molar-refractivity contribution in [3.05, 3.63) is 35.4 Å². The van der Waals surface area contributed by atoms with Crippen LogP contribution in [-0.2, 0) is 4.79 Å². The van der Waals surface area contributed by atoms with Gasteiger partial charge in [-0.1, -0.05) is 42.7 Å². The molecule has 4 aliphatic rings. The van der Waals surface area contributed by atoms with E-state index in [0.717, 1.165) is 63.6 Å². The molecule has 0 bridgehead atoms. The van der Waals surface area contributed by atoms with Gasteiger partial charge in [-0.05, 0) is 57.0 Å². The van der Waals surface area contributed by atoms with E-state index in [2.05, 4.69) is 53.0 Å². The second kappa shape index (κ2) is 9.56. The lowest BCUT2D eigenvalue weighted by Crippen LogP contribution is -2.49. The van der Waals surface area contributed by atoms with Gasteiger partial charge in [0, 0.05) is 38.0 Å². The number of fused-ring (bicyclic) bond motifs is 1. The van der Waals surface area contributed by atoms with Crippen molar-refractivity contribution in [3.63, 3.8) is 0 Å². The smallest absolute Gasteiger partial charge is 0.225 e. The van der Waals surface area contributed by atoms with Gasteiger partial charge in [0.25, 0.3) is 0 Å². The standard InChI is InChI=1S/C25H35N5OS/c1-18-7-9-19(10-8-18)22-17-30-25(26-22)32-23(27-30)20-5-3-4-6-21(12-11-20)24(31)29-15-13-28(2)14-16-29/h7-10,20-22H,3-6,11-17H2,1-2H3. The maximum atomic E-state index is 13.1. The Labute approximate surface area is 196 Å². The summed E-state index contributed by atoms with van der Waals surface area (Å²) in [5.74, 6) is 1.05. The Hall–Kier alpha value is -1.86. The van der Waals surface area contributed by atoms with Gasteiger partial charge in [0.1, 0.15) is 5.04 Å². The highest BCUT2D eigenvalue weighted by Crippen LogP contribution is 2.39. The lowest BCUT2D eigenvalue weighted by Gasteiger charge is -2.35. The zero-order valence-electron chi connectivity index (χ0n) is 19.4. The Morgan fingerprint density at radius 1 is 1.00 bits per heavy atom. The summed E-state index contributed by atoms with van der Waals surface area (Å²) in [5, 5.41) is 9.37. The van der Waals surface area contributed by atoms with E-state index in [4.69, 9.17) is 10.1 Å². The van der Waals surface area contributed by atoms with Gasteiger partial charge in [-0.15, -0.1) is 0 Å². The number of hydrazone groups is 1. The molecule has 7 heteroatoms. The van der Waals surface area contributed by atoms with Crippen LogP contribution in [-0.4, -0.2) is 70.7 Å². The first-order valence-corrected chi connectivity index (χ1v) is 13.0. The fourth-order valence-electron chi connectivity index (χ4n) is 5.26. The molecule has 2 fully saturated rings. The number of likely N-dealkylation sites (N-methyl/N-ethyl adjacent to an activating group) is 1. The molecule has 32 heavy (non-hydrogen) atoms. The van der Waals surface area contributed by atoms with Crippen molar-refractivity contribution in [2.45, 2.75) is 51.5 Å². The van der Waals surface area contributed by atoms with Crippen molar-refractivity contribution >= 4 is 27.9 Å². The van der Waals surface area contributed by atoms with E-state index in [-0.39, 0.29) is 12.0 Å². The van der Waals surface area contributed by atoms with Gasteiger partial charge in [-0.2, -0.15) is 5.10 Å². The van der Waals surface area contributed by atoms with E-state index >= 15 is 0 Å². The van der Waals surface area contributed by atoms with Crippen molar-refractivity contribution in [2.24, 2.45) is 21.9 Å². The maximum absolute atomic E-state index is 13.1. The topological polar surface area (TPSA) is 51.5 Å². The SMILES string of the molecule is Cc1ccc(C2CN3N=C(C4CCCCC(C(=O)N5CCN(C)CC5)CC4)SC3=N2)cc1. The van der Waals surface area contributed by atoms with Crippen LogP contribution in [0.25, 0.3) is 0 Å². The molecule has 1 amide bonds. The number of thioether (sulfide) groups is 1. The lowest BCUT2D eigenvalue weighted by atomic mass is 9.85. The number of aliphatic imine (C=N–C) groups is 1. The van der Waals surface area contributed by atoms with Crippen LogP contribution in [0.5, 0.6) is 0 Å². The van der Waals surface area contributed by atoms with Crippen molar-refractivity contribution < 1.29 is 4.79 Å². The molecule has 3 aliphatic heterocycles. The van der Waals surface area contributed by atoms with E-state index in [1.165, 1.54) is 29.0 Å². The van der Waals surface area contributed by atoms with Gasteiger partial charge in [-0.3, -0.25) is 9.79 Å². The molecule has 1 saturated heterocycles. The van der Waals surface area contributed by atoms with Crippen LogP contribution >= 0.6 is 11.8 Å². The van der Waals surface area contributed by atoms with Crippen molar-refractivity contribution in [1.29, 1.82) is 0 Å². The van der Waals surface area contributed by atoms with E-state index in [0.29, 0.717) is 11.8 Å². The quantitative estimate of drug-likeness (QED) is 0.691. The molecule has 6 nitrogen and oxygen atoms in total. The number of benzene rings is 1. The molecule has 0 N–H and O–H groups in total. The first kappa shape index (κ1) is 22.0. The molecule has 0 spiro atoms. The third-order valence-corrected chi connectivity index (χ3v) is 8.57. The molecule has 3 unspecified atom stereocenters. The molecule has 1 aromatic rings. The van der Waals surface area contributed by atoms with Crippen LogP contribution in [0.2, 0.25) is 0 Å². The summed E-state index contributed by atoms with van der Waals surface area (Å²) in [4.78, 5) is 22.5. The Kier molecular flexibility index (Phi) is 6.56. The van der Waals surface area contributed by atoms with Gasteiger partial charge in [0.15, 0.2) is 5.17 Å². The molecular formula is C25H35N5OS. The zero-order chi connectivity index (χ0) is 22.1. The highest BCUT2D eigenvalue weighted by molar-refractivity contribution is 8.26. The summed E-state index contributed by atoms with van der Waals surface area (Å²) in [6.45, 7) is 6.72. The number of carbonyl (C=O) groups excluding carboxylic acids is 1. The number of piperazine rings is 1. The third-order valence-electron chi connectivity index (χ3n) is 7.44. The van der Waals surface area contributed by atoms with Crippen molar-refractivity contribution in [1.82, 2.24) is 14.8 Å². The number of amidine groups is 1. The summed E-state index contributed by atoms with van der Waals surface area (Å²) in [6.07, 6.45) is 6.64. The number of carbonyl (C=O) groups is 1. The summed E-state index contributed by atoms with van der Waals surface area (Å²) in [7, 11) is 2.14. The lowest BCUT2D eigenvalue weighted by molar-refractivity contribution is -0.137. The van der Waals surface area contributed by atoms with Gasteiger partial charge >= 0.3 is 0 Å². The number of hydrogen-bond acceptors (Lipinski definition) is 6. The zero-order valence-corrected chi connectivity index (χ0v) is 20.2. The summed E-state index contributed by atoms with van der Waals surface area (Å²) in [5.41, 5.74) is 2.55. The molecule has 172 valence electrons. The highest BCUT2D eigenvalue weighted by atomic mass is 32.2. The van der Waals surface area contributed by atoms with E-state index in [1.54, 1.807) is 11.8 Å². The second-order valence-corrected chi connectivity index (χ2v) is 10.8. The van der Waals surface area contributed by atoms with Crippen molar-refractivity contribution in [3.8, 4) is 0 Å². The third kappa shape index (κ3) is 4.74. The van der Waals surface area contributed by atoms with Crippen molar-refractivity contribution in [2.75, 3.05) is 39.8 Å². The van der Waals surface area contributed by atoms with Crippen LogP contribution in [0.4, 0.5) is 0 Å². The Morgan fingerprint density at radius 3 is 2.50 bits per heavy atom. The summed E-state index contributed by atoms with van der Waals surface area (Å²) in [6, 6.07) is 8.89.